The van der Waals surface area contributed by atoms with Gasteiger partial charge in [-0.1, -0.05) is 32.0 Å². The standard InChI is InChI=1S/C19H18N4O/c1-13(2)14-5-7-17(8-6-14)24-12-15-4-3-9-23-18(21)16(10-20)11-22-19(15)23/h3-9,11,13,21H,12H2,1-2H3. The number of nitrogens with one attached hydrogen (secondary N) is 1. The maximum Gasteiger partial charge on any atom is 0.150 e. The zero-order valence-electron chi connectivity index (χ0n) is 13.7. The van der Waals surface area contributed by atoms with E-state index in [9.17, 15) is 0 Å². The van der Waals surface area contributed by atoms with Gasteiger partial charge in [-0.15, -0.1) is 0 Å². The molecule has 0 bridgehead atoms. The molecule has 0 spiro atoms. The highest BCUT2D eigenvalue weighted by molar-refractivity contribution is 5.48. The topological polar surface area (TPSA) is 74.2 Å². The maximum atomic E-state index is 9.01. The van der Waals surface area contributed by atoms with Crippen LogP contribution in [0.4, 0.5) is 0 Å². The van der Waals surface area contributed by atoms with E-state index in [0.717, 1.165) is 11.3 Å². The van der Waals surface area contributed by atoms with Crippen LogP contribution in [0.1, 0.15) is 36.5 Å². The molecule has 3 aromatic rings. The number of fused-ring (bicyclic) bond motifs is 1. The highest BCUT2D eigenvalue weighted by atomic mass is 16.5. The summed E-state index contributed by atoms with van der Waals surface area (Å²) in [5.41, 5.74) is 3.14. The summed E-state index contributed by atoms with van der Waals surface area (Å²) < 4.78 is 7.45. The van der Waals surface area contributed by atoms with Crippen LogP contribution in [-0.2, 0) is 6.61 Å². The molecule has 24 heavy (non-hydrogen) atoms. The molecule has 0 saturated carbocycles. The van der Waals surface area contributed by atoms with Crippen LogP contribution in [0.3, 0.4) is 0 Å². The van der Waals surface area contributed by atoms with Gasteiger partial charge < -0.3 is 4.74 Å². The van der Waals surface area contributed by atoms with Crippen molar-refractivity contribution in [2.45, 2.75) is 26.4 Å². The van der Waals surface area contributed by atoms with E-state index in [1.165, 1.54) is 11.8 Å². The Labute approximate surface area is 140 Å². The minimum absolute atomic E-state index is 0.130. The van der Waals surface area contributed by atoms with Gasteiger partial charge in [0.05, 0.1) is 6.20 Å². The summed E-state index contributed by atoms with van der Waals surface area (Å²) in [6.07, 6.45) is 3.16. The number of nitrogens with zero attached hydrogens (tertiary/aromatic N) is 3. The highest BCUT2D eigenvalue weighted by Gasteiger charge is 2.07. The van der Waals surface area contributed by atoms with Gasteiger partial charge in [-0.2, -0.15) is 5.26 Å². The number of pyridine rings is 1. The van der Waals surface area contributed by atoms with Crippen LogP contribution in [0.2, 0.25) is 0 Å². The first kappa shape index (κ1) is 15.8. The van der Waals surface area contributed by atoms with E-state index in [1.807, 2.05) is 30.3 Å². The van der Waals surface area contributed by atoms with E-state index >= 15 is 0 Å². The molecule has 2 heterocycles. The van der Waals surface area contributed by atoms with Gasteiger partial charge in [0.25, 0.3) is 0 Å². The molecular formula is C19H18N4O. The van der Waals surface area contributed by atoms with Crippen molar-refractivity contribution in [2.24, 2.45) is 0 Å². The predicted octanol–water partition coefficient (Wildman–Crippen LogP) is 3.39. The molecule has 1 N–H and O–H groups in total. The van der Waals surface area contributed by atoms with Gasteiger partial charge in [0.2, 0.25) is 0 Å². The fourth-order valence-corrected chi connectivity index (χ4v) is 2.49. The summed E-state index contributed by atoms with van der Waals surface area (Å²) in [6.45, 7) is 4.66. The van der Waals surface area contributed by atoms with Crippen LogP contribution in [0.25, 0.3) is 5.65 Å². The van der Waals surface area contributed by atoms with Gasteiger partial charge in [0.15, 0.2) is 0 Å². The lowest BCUT2D eigenvalue weighted by Gasteiger charge is -2.11. The number of ether oxygens (including phenoxy) is 1. The van der Waals surface area contributed by atoms with E-state index in [-0.39, 0.29) is 11.1 Å². The van der Waals surface area contributed by atoms with Gasteiger partial charge in [0.1, 0.15) is 35.1 Å². The lowest BCUT2D eigenvalue weighted by molar-refractivity contribution is 0.306. The molecule has 0 aliphatic rings. The van der Waals surface area contributed by atoms with Crippen LogP contribution in [0, 0.1) is 16.7 Å². The van der Waals surface area contributed by atoms with Crippen molar-refractivity contribution < 1.29 is 4.74 Å². The molecule has 5 heteroatoms. The molecule has 0 aliphatic heterocycles. The Balaban J connectivity index is 1.87. The number of rotatable bonds is 4. The minimum Gasteiger partial charge on any atom is -0.489 e. The third kappa shape index (κ3) is 2.99. The SMILES string of the molecule is CC(C)c1ccc(OCc2cccn3c(=N)c(C#N)cnc23)cc1. The van der Waals surface area contributed by atoms with Crippen molar-refractivity contribution in [3.05, 3.63) is 71.0 Å². The van der Waals surface area contributed by atoms with Gasteiger partial charge >= 0.3 is 0 Å². The molecule has 120 valence electrons. The lowest BCUT2D eigenvalue weighted by Crippen LogP contribution is -2.19. The number of nitriles is 1. The maximum absolute atomic E-state index is 9.01. The van der Waals surface area contributed by atoms with Crippen LogP contribution in [-0.4, -0.2) is 9.38 Å². The first-order chi connectivity index (χ1) is 11.6. The Morgan fingerprint density at radius 2 is 2.00 bits per heavy atom. The van der Waals surface area contributed by atoms with Gasteiger partial charge in [-0.3, -0.25) is 9.81 Å². The van der Waals surface area contributed by atoms with Crippen LogP contribution in [0.5, 0.6) is 5.75 Å². The normalized spacial score (nSPS) is 10.8. The Hall–Kier alpha value is -3.13. The van der Waals surface area contributed by atoms with Crippen molar-refractivity contribution in [3.63, 3.8) is 0 Å². The van der Waals surface area contributed by atoms with Crippen molar-refractivity contribution in [1.29, 1.82) is 10.7 Å². The minimum atomic E-state index is 0.130. The molecular weight excluding hydrogens is 300 g/mol. The Morgan fingerprint density at radius 1 is 1.25 bits per heavy atom. The number of aromatic nitrogens is 2. The average Bonchev–Trinajstić information content (AvgIpc) is 2.61. The average molecular weight is 318 g/mol. The van der Waals surface area contributed by atoms with Gasteiger partial charge in [-0.05, 0) is 29.7 Å². The summed E-state index contributed by atoms with van der Waals surface area (Å²) in [7, 11) is 0. The Morgan fingerprint density at radius 3 is 2.67 bits per heavy atom. The van der Waals surface area contributed by atoms with Crippen molar-refractivity contribution >= 4 is 5.65 Å². The molecule has 0 aliphatic carbocycles. The van der Waals surface area contributed by atoms with Crippen molar-refractivity contribution in [3.8, 4) is 11.8 Å². The summed E-state index contributed by atoms with van der Waals surface area (Å²) in [5, 5.41) is 17.1. The smallest absolute Gasteiger partial charge is 0.150 e. The van der Waals surface area contributed by atoms with Gasteiger partial charge in [0, 0.05) is 11.8 Å². The summed E-state index contributed by atoms with van der Waals surface area (Å²) in [5.74, 6) is 1.28. The van der Waals surface area contributed by atoms with Crippen molar-refractivity contribution in [1.82, 2.24) is 9.38 Å². The summed E-state index contributed by atoms with van der Waals surface area (Å²) >= 11 is 0. The third-order valence-electron chi connectivity index (χ3n) is 3.92. The van der Waals surface area contributed by atoms with Crippen LogP contribution >= 0.6 is 0 Å². The van der Waals surface area contributed by atoms with Crippen molar-refractivity contribution in [2.75, 3.05) is 0 Å². The van der Waals surface area contributed by atoms with E-state index in [2.05, 4.69) is 31.0 Å². The Bertz CT molecular complexity index is 965. The largest absolute Gasteiger partial charge is 0.489 e. The van der Waals surface area contributed by atoms with E-state index in [0.29, 0.717) is 18.2 Å². The lowest BCUT2D eigenvalue weighted by atomic mass is 10.0. The van der Waals surface area contributed by atoms with Crippen LogP contribution in [0.15, 0.2) is 48.8 Å². The molecule has 3 rings (SSSR count). The zero-order valence-corrected chi connectivity index (χ0v) is 13.7. The van der Waals surface area contributed by atoms with E-state index in [1.54, 1.807) is 10.6 Å². The number of benzene rings is 1. The van der Waals surface area contributed by atoms with Crippen LogP contribution < -0.4 is 10.2 Å². The second-order valence-electron chi connectivity index (χ2n) is 5.87. The molecule has 0 radical (unpaired) electrons. The molecule has 5 nitrogen and oxygen atoms in total. The van der Waals surface area contributed by atoms with E-state index < -0.39 is 0 Å². The third-order valence-corrected chi connectivity index (χ3v) is 3.92. The second-order valence-corrected chi connectivity index (χ2v) is 5.87. The molecule has 0 atom stereocenters. The second kappa shape index (κ2) is 6.55. The first-order valence-corrected chi connectivity index (χ1v) is 7.77. The number of hydrogen-bond acceptors (Lipinski definition) is 4. The number of hydrogen-bond donors (Lipinski definition) is 1. The quantitative estimate of drug-likeness (QED) is 0.801. The zero-order chi connectivity index (χ0) is 17.1. The highest BCUT2D eigenvalue weighted by Crippen LogP contribution is 2.20. The molecule has 0 unspecified atom stereocenters. The first-order valence-electron chi connectivity index (χ1n) is 7.77. The fourth-order valence-electron chi connectivity index (χ4n) is 2.49. The Kier molecular flexibility index (Phi) is 4.30. The molecule has 2 aromatic heterocycles. The molecule has 0 saturated heterocycles. The monoisotopic (exact) mass is 318 g/mol. The van der Waals surface area contributed by atoms with Gasteiger partial charge in [-0.25, -0.2) is 4.98 Å². The predicted molar refractivity (Wildman–Crippen MR) is 90.6 cm³/mol. The fraction of sp³-hybridized carbons (Fsp3) is 0.211. The molecule has 0 fully saturated rings. The summed E-state index contributed by atoms with van der Waals surface area (Å²) in [6, 6.07) is 13.8. The molecule has 0 amide bonds. The van der Waals surface area contributed by atoms with E-state index in [4.69, 9.17) is 15.4 Å². The molecule has 1 aromatic carbocycles. The summed E-state index contributed by atoms with van der Waals surface area (Å²) in [4.78, 5) is 4.30.